The lowest BCUT2D eigenvalue weighted by Crippen LogP contribution is -2.31. The zero-order chi connectivity index (χ0) is 19.3. The molecule has 1 amide bonds. The Bertz CT molecular complexity index is 1100. The predicted molar refractivity (Wildman–Crippen MR) is 111 cm³/mol. The summed E-state index contributed by atoms with van der Waals surface area (Å²) in [5.41, 5.74) is 3.85. The van der Waals surface area contributed by atoms with Gasteiger partial charge in [-0.2, -0.15) is 0 Å². The van der Waals surface area contributed by atoms with Crippen LogP contribution >= 0.6 is 0 Å². The van der Waals surface area contributed by atoms with Gasteiger partial charge in [-0.3, -0.25) is 4.79 Å². The fraction of sp³-hybridized carbons (Fsp3) is 0.0833. The number of fused-ring (bicyclic) bond motifs is 1. The Morgan fingerprint density at radius 1 is 0.893 bits per heavy atom. The number of hydrogen-bond acceptors (Lipinski definition) is 3. The van der Waals surface area contributed by atoms with E-state index in [9.17, 15) is 9.90 Å². The van der Waals surface area contributed by atoms with Crippen LogP contribution in [0.2, 0.25) is 0 Å². The van der Waals surface area contributed by atoms with Gasteiger partial charge in [0.05, 0.1) is 29.4 Å². The molecule has 0 saturated heterocycles. The number of carbonyl (C=O) groups excluding carboxylic acids is 1. The van der Waals surface area contributed by atoms with Crippen molar-refractivity contribution < 1.29 is 9.90 Å². The second-order valence-corrected chi connectivity index (χ2v) is 6.56. The van der Waals surface area contributed by atoms with E-state index in [-0.39, 0.29) is 12.5 Å². The van der Waals surface area contributed by atoms with Crippen LogP contribution in [0.1, 0.15) is 22.0 Å². The van der Waals surface area contributed by atoms with E-state index in [2.05, 4.69) is 5.32 Å². The van der Waals surface area contributed by atoms with Crippen molar-refractivity contribution in [2.45, 2.75) is 6.04 Å². The van der Waals surface area contributed by atoms with Crippen LogP contribution in [0.3, 0.4) is 0 Å². The predicted octanol–water partition coefficient (Wildman–Crippen LogP) is 4.37. The summed E-state index contributed by atoms with van der Waals surface area (Å²) in [6, 6.07) is 28.2. The number of benzene rings is 3. The largest absolute Gasteiger partial charge is 0.394 e. The highest BCUT2D eigenvalue weighted by atomic mass is 16.3. The van der Waals surface area contributed by atoms with Gasteiger partial charge in [0.15, 0.2) is 0 Å². The molecule has 1 aromatic heterocycles. The zero-order valence-corrected chi connectivity index (χ0v) is 15.2. The molecule has 3 aromatic carbocycles. The molecule has 4 heteroatoms. The van der Waals surface area contributed by atoms with Gasteiger partial charge in [-0.05, 0) is 17.7 Å². The summed E-state index contributed by atoms with van der Waals surface area (Å²) >= 11 is 0. The number of carbonyl (C=O) groups is 1. The van der Waals surface area contributed by atoms with Gasteiger partial charge in [0.25, 0.3) is 5.91 Å². The van der Waals surface area contributed by atoms with E-state index >= 15 is 0 Å². The molecular weight excluding hydrogens is 348 g/mol. The topological polar surface area (TPSA) is 62.2 Å². The Morgan fingerprint density at radius 3 is 2.25 bits per heavy atom. The average molecular weight is 368 g/mol. The number of hydrogen-bond donors (Lipinski definition) is 2. The van der Waals surface area contributed by atoms with Crippen molar-refractivity contribution in [1.82, 2.24) is 10.3 Å². The first-order valence-corrected chi connectivity index (χ1v) is 9.18. The van der Waals surface area contributed by atoms with Gasteiger partial charge in [-0.15, -0.1) is 0 Å². The summed E-state index contributed by atoms with van der Waals surface area (Å²) in [4.78, 5) is 17.9. The highest BCUT2D eigenvalue weighted by molar-refractivity contribution is 6.07. The minimum Gasteiger partial charge on any atom is -0.394 e. The van der Waals surface area contributed by atoms with Crippen molar-refractivity contribution in [3.8, 4) is 11.3 Å². The van der Waals surface area contributed by atoms with E-state index in [0.29, 0.717) is 5.56 Å². The maximum atomic E-state index is 13.1. The molecule has 0 aliphatic carbocycles. The average Bonchev–Trinajstić information content (AvgIpc) is 2.77. The number of para-hydroxylation sites is 1. The third kappa shape index (κ3) is 3.63. The Hall–Kier alpha value is -3.50. The second-order valence-electron chi connectivity index (χ2n) is 6.56. The summed E-state index contributed by atoms with van der Waals surface area (Å²) < 4.78 is 0. The molecule has 0 radical (unpaired) electrons. The van der Waals surface area contributed by atoms with Gasteiger partial charge in [0.2, 0.25) is 0 Å². The summed E-state index contributed by atoms with van der Waals surface area (Å²) in [7, 11) is 0. The molecule has 4 nitrogen and oxygen atoms in total. The Kier molecular flexibility index (Phi) is 5.13. The molecule has 28 heavy (non-hydrogen) atoms. The van der Waals surface area contributed by atoms with E-state index < -0.39 is 6.04 Å². The van der Waals surface area contributed by atoms with Crippen LogP contribution in [-0.4, -0.2) is 22.6 Å². The molecule has 0 saturated carbocycles. The maximum absolute atomic E-state index is 13.1. The lowest BCUT2D eigenvalue weighted by atomic mass is 10.0. The number of nitrogens with zero attached hydrogens (tertiary/aromatic N) is 1. The number of nitrogens with one attached hydrogen (secondary N) is 1. The van der Waals surface area contributed by atoms with Crippen LogP contribution in [-0.2, 0) is 0 Å². The van der Waals surface area contributed by atoms with Gasteiger partial charge in [-0.1, -0.05) is 78.9 Å². The zero-order valence-electron chi connectivity index (χ0n) is 15.2. The van der Waals surface area contributed by atoms with Crippen LogP contribution in [0, 0.1) is 0 Å². The molecule has 0 aliphatic rings. The number of amides is 1. The SMILES string of the molecule is O=C(N[C@H](CO)c1ccccc1)c1cc(-c2ccccc2)nc2ccccc12. The minimum atomic E-state index is -0.471. The van der Waals surface area contributed by atoms with Gasteiger partial charge >= 0.3 is 0 Å². The fourth-order valence-corrected chi connectivity index (χ4v) is 3.28. The molecule has 4 aromatic rings. The number of aliphatic hydroxyl groups excluding tert-OH is 1. The van der Waals surface area contributed by atoms with Crippen LogP contribution in [0.25, 0.3) is 22.2 Å². The number of aromatic nitrogens is 1. The van der Waals surface area contributed by atoms with Gasteiger partial charge < -0.3 is 10.4 Å². The van der Waals surface area contributed by atoms with E-state index in [1.807, 2.05) is 91.0 Å². The normalized spacial score (nSPS) is 11.9. The Morgan fingerprint density at radius 2 is 1.54 bits per heavy atom. The molecule has 1 atom stereocenters. The summed E-state index contributed by atoms with van der Waals surface area (Å²) in [5.74, 6) is -0.237. The molecular formula is C24H20N2O2. The van der Waals surface area contributed by atoms with E-state index in [1.165, 1.54) is 0 Å². The third-order valence-corrected chi connectivity index (χ3v) is 4.72. The highest BCUT2D eigenvalue weighted by Crippen LogP contribution is 2.25. The first kappa shape index (κ1) is 17.9. The quantitative estimate of drug-likeness (QED) is 0.550. The lowest BCUT2D eigenvalue weighted by molar-refractivity contribution is 0.0918. The monoisotopic (exact) mass is 368 g/mol. The van der Waals surface area contributed by atoms with Gasteiger partial charge in [-0.25, -0.2) is 4.98 Å². The lowest BCUT2D eigenvalue weighted by Gasteiger charge is -2.18. The van der Waals surface area contributed by atoms with Crippen LogP contribution in [0.4, 0.5) is 0 Å². The first-order valence-electron chi connectivity index (χ1n) is 9.18. The molecule has 0 spiro atoms. The van der Waals surface area contributed by atoms with Crippen molar-refractivity contribution >= 4 is 16.8 Å². The summed E-state index contributed by atoms with van der Waals surface area (Å²) in [6.45, 7) is -0.176. The summed E-state index contributed by atoms with van der Waals surface area (Å²) in [5, 5.41) is 13.5. The third-order valence-electron chi connectivity index (χ3n) is 4.72. The number of pyridine rings is 1. The smallest absolute Gasteiger partial charge is 0.252 e. The molecule has 0 fully saturated rings. The molecule has 2 N–H and O–H groups in total. The first-order chi connectivity index (χ1) is 13.8. The van der Waals surface area contributed by atoms with E-state index in [1.54, 1.807) is 0 Å². The van der Waals surface area contributed by atoms with Crippen molar-refractivity contribution in [3.63, 3.8) is 0 Å². The molecule has 4 rings (SSSR count). The van der Waals surface area contributed by atoms with Crippen molar-refractivity contribution in [2.24, 2.45) is 0 Å². The van der Waals surface area contributed by atoms with Crippen LogP contribution in [0.15, 0.2) is 91.0 Å². The fourth-order valence-electron chi connectivity index (χ4n) is 3.28. The van der Waals surface area contributed by atoms with Crippen molar-refractivity contribution in [1.29, 1.82) is 0 Å². The van der Waals surface area contributed by atoms with Gasteiger partial charge in [0, 0.05) is 10.9 Å². The number of aliphatic hydroxyl groups is 1. The second kappa shape index (κ2) is 8.03. The number of rotatable bonds is 5. The molecule has 1 heterocycles. The van der Waals surface area contributed by atoms with E-state index in [4.69, 9.17) is 4.98 Å². The van der Waals surface area contributed by atoms with Gasteiger partial charge in [0.1, 0.15) is 0 Å². The van der Waals surface area contributed by atoms with Crippen molar-refractivity contribution in [2.75, 3.05) is 6.61 Å². The molecule has 0 bridgehead atoms. The van der Waals surface area contributed by atoms with Crippen molar-refractivity contribution in [3.05, 3.63) is 102 Å². The minimum absolute atomic E-state index is 0.176. The van der Waals surface area contributed by atoms with Crippen LogP contribution < -0.4 is 5.32 Å². The Labute approximate surface area is 163 Å². The highest BCUT2D eigenvalue weighted by Gasteiger charge is 2.18. The molecule has 0 unspecified atom stereocenters. The summed E-state index contributed by atoms with van der Waals surface area (Å²) in [6.07, 6.45) is 0. The standard InChI is InChI=1S/C24H20N2O2/c27-16-23(18-11-5-2-6-12-18)26-24(28)20-15-22(17-9-3-1-4-10-17)25-21-14-8-7-13-19(20)21/h1-15,23,27H,16H2,(H,26,28)/t23-/m1/s1. The van der Waals surface area contributed by atoms with Crippen LogP contribution in [0.5, 0.6) is 0 Å². The molecule has 138 valence electrons. The molecule has 0 aliphatic heterocycles. The maximum Gasteiger partial charge on any atom is 0.252 e. The van der Waals surface area contributed by atoms with E-state index in [0.717, 1.165) is 27.7 Å². The Balaban J connectivity index is 1.75.